The van der Waals surface area contributed by atoms with Crippen LogP contribution >= 0.6 is 0 Å². The summed E-state index contributed by atoms with van der Waals surface area (Å²) >= 11 is 0. The molecule has 1 aliphatic carbocycles. The quantitative estimate of drug-likeness (QED) is 0.184. The molecular weight excluding hydrogens is 619 g/mol. The van der Waals surface area contributed by atoms with Gasteiger partial charge in [0.1, 0.15) is 5.82 Å². The average molecular weight is 654 g/mol. The second kappa shape index (κ2) is 11.3. The minimum absolute atomic E-state index is 0.230. The fourth-order valence-electron chi connectivity index (χ4n) is 8.38. The third kappa shape index (κ3) is 4.55. The summed E-state index contributed by atoms with van der Waals surface area (Å²) in [6.45, 7) is 4.77. The maximum atomic E-state index is 5.33. The molecule has 51 heavy (non-hydrogen) atoms. The first kappa shape index (κ1) is 29.5. The van der Waals surface area contributed by atoms with Crippen molar-refractivity contribution in [2.24, 2.45) is 0 Å². The molecule has 0 N–H and O–H groups in total. The molecule has 9 aromatic rings. The molecule has 0 fully saturated rings. The Hall–Kier alpha value is -6.45. The molecule has 0 aliphatic heterocycles. The number of hydrogen-bond acceptors (Lipinski definition) is 2. The van der Waals surface area contributed by atoms with E-state index in [1.807, 2.05) is 0 Å². The molecular formula is C48H35N3. The summed E-state index contributed by atoms with van der Waals surface area (Å²) in [5.41, 5.74) is 12.9. The Labute approximate surface area is 297 Å². The summed E-state index contributed by atoms with van der Waals surface area (Å²) in [6.07, 6.45) is 0. The van der Waals surface area contributed by atoms with E-state index in [1.54, 1.807) is 0 Å². The highest BCUT2D eigenvalue weighted by Gasteiger charge is 2.38. The summed E-state index contributed by atoms with van der Waals surface area (Å²) in [4.78, 5) is 7.69. The van der Waals surface area contributed by atoms with Gasteiger partial charge in [-0.1, -0.05) is 129 Å². The first-order valence-corrected chi connectivity index (χ1v) is 17.6. The van der Waals surface area contributed by atoms with Crippen LogP contribution in [-0.2, 0) is 5.41 Å². The molecule has 1 aliphatic rings. The van der Waals surface area contributed by atoms with Gasteiger partial charge in [0.25, 0.3) is 0 Å². The normalized spacial score (nSPS) is 13.1. The first-order chi connectivity index (χ1) is 25.1. The third-order valence-electron chi connectivity index (χ3n) is 10.7. The van der Waals surface area contributed by atoms with Crippen LogP contribution in [0.4, 0.5) is 17.1 Å². The number of nitrogens with zero attached hydrogens (tertiary/aromatic N) is 3. The van der Waals surface area contributed by atoms with Crippen molar-refractivity contribution < 1.29 is 0 Å². The van der Waals surface area contributed by atoms with Crippen LogP contribution in [-0.4, -0.2) is 9.55 Å². The predicted octanol–water partition coefficient (Wildman–Crippen LogP) is 12.8. The standard InChI is InChI=1S/C48H35N3/c1-48(2)43-31-38(50(35-16-6-3-7-17-35)36-18-8-4-9-19-36)24-25-39(43)40-26-27-42-41(45(40)48)28-29-44-46(42)51(37-20-10-5-11-21-37)47(49-44)34-23-22-32-14-12-13-15-33(32)30-34/h3-31H,1-2H3. The van der Waals surface area contributed by atoms with Gasteiger partial charge in [-0.3, -0.25) is 4.57 Å². The van der Waals surface area contributed by atoms with Crippen LogP contribution in [0.25, 0.3) is 60.8 Å². The Morgan fingerprint density at radius 3 is 1.86 bits per heavy atom. The molecule has 0 spiro atoms. The Balaban J connectivity index is 1.18. The maximum Gasteiger partial charge on any atom is 0.145 e. The van der Waals surface area contributed by atoms with Crippen LogP contribution in [0.3, 0.4) is 0 Å². The Morgan fingerprint density at radius 1 is 0.510 bits per heavy atom. The van der Waals surface area contributed by atoms with Gasteiger partial charge in [0.2, 0.25) is 0 Å². The van der Waals surface area contributed by atoms with E-state index in [2.05, 4.69) is 199 Å². The molecule has 0 saturated heterocycles. The zero-order chi connectivity index (χ0) is 34.1. The lowest BCUT2D eigenvalue weighted by atomic mass is 9.80. The highest BCUT2D eigenvalue weighted by Crippen LogP contribution is 2.53. The van der Waals surface area contributed by atoms with Gasteiger partial charge in [-0.05, 0) is 99.1 Å². The zero-order valence-electron chi connectivity index (χ0n) is 28.6. The second-order valence-corrected chi connectivity index (χ2v) is 14.0. The van der Waals surface area contributed by atoms with Crippen molar-refractivity contribution in [2.75, 3.05) is 4.90 Å². The molecule has 1 heterocycles. The van der Waals surface area contributed by atoms with Gasteiger partial charge in [-0.2, -0.15) is 0 Å². The monoisotopic (exact) mass is 653 g/mol. The van der Waals surface area contributed by atoms with Crippen LogP contribution < -0.4 is 4.90 Å². The van der Waals surface area contributed by atoms with E-state index in [-0.39, 0.29) is 5.41 Å². The predicted molar refractivity (Wildman–Crippen MR) is 214 cm³/mol. The topological polar surface area (TPSA) is 21.1 Å². The van der Waals surface area contributed by atoms with Gasteiger partial charge in [0.05, 0.1) is 11.0 Å². The van der Waals surface area contributed by atoms with Gasteiger partial charge in [0, 0.05) is 39.1 Å². The fraction of sp³-hybridized carbons (Fsp3) is 0.0625. The number of anilines is 3. The van der Waals surface area contributed by atoms with Crippen molar-refractivity contribution in [1.82, 2.24) is 9.55 Å². The van der Waals surface area contributed by atoms with E-state index in [1.165, 1.54) is 43.8 Å². The Kier molecular flexibility index (Phi) is 6.53. The summed E-state index contributed by atoms with van der Waals surface area (Å²) in [5.74, 6) is 0.948. The van der Waals surface area contributed by atoms with Gasteiger partial charge in [0.15, 0.2) is 0 Å². The van der Waals surface area contributed by atoms with Crippen LogP contribution in [0.1, 0.15) is 25.0 Å². The molecule has 0 bridgehead atoms. The molecule has 0 unspecified atom stereocenters. The molecule has 3 heteroatoms. The Bertz CT molecular complexity index is 2720. The number of hydrogen-bond donors (Lipinski definition) is 0. The third-order valence-corrected chi connectivity index (χ3v) is 10.7. The van der Waals surface area contributed by atoms with E-state index >= 15 is 0 Å². The molecule has 1 aromatic heterocycles. The van der Waals surface area contributed by atoms with Crippen molar-refractivity contribution in [2.45, 2.75) is 19.3 Å². The number of imidazole rings is 1. The number of para-hydroxylation sites is 3. The van der Waals surface area contributed by atoms with E-state index in [4.69, 9.17) is 4.98 Å². The lowest BCUT2D eigenvalue weighted by molar-refractivity contribution is 0.666. The molecule has 0 atom stereocenters. The van der Waals surface area contributed by atoms with Crippen molar-refractivity contribution in [3.8, 4) is 28.2 Å². The van der Waals surface area contributed by atoms with Gasteiger partial charge >= 0.3 is 0 Å². The molecule has 3 nitrogen and oxygen atoms in total. The van der Waals surface area contributed by atoms with E-state index in [0.29, 0.717) is 0 Å². The Morgan fingerprint density at radius 2 is 1.14 bits per heavy atom. The summed E-state index contributed by atoms with van der Waals surface area (Å²) < 4.78 is 2.36. The van der Waals surface area contributed by atoms with Crippen molar-refractivity contribution >= 4 is 49.6 Å². The van der Waals surface area contributed by atoms with Crippen molar-refractivity contribution in [3.05, 3.63) is 187 Å². The highest BCUT2D eigenvalue weighted by molar-refractivity contribution is 6.11. The van der Waals surface area contributed by atoms with Gasteiger partial charge < -0.3 is 4.90 Å². The van der Waals surface area contributed by atoms with E-state index in [9.17, 15) is 0 Å². The lowest BCUT2D eigenvalue weighted by Crippen LogP contribution is -2.17. The number of fused-ring (bicyclic) bond motifs is 8. The van der Waals surface area contributed by atoms with Gasteiger partial charge in [-0.15, -0.1) is 0 Å². The lowest BCUT2D eigenvalue weighted by Gasteiger charge is -2.28. The average Bonchev–Trinajstić information content (AvgIpc) is 3.69. The summed E-state index contributed by atoms with van der Waals surface area (Å²) in [5, 5.41) is 4.92. The summed E-state index contributed by atoms with van der Waals surface area (Å²) in [6, 6.07) is 63.4. The smallest absolute Gasteiger partial charge is 0.145 e. The molecule has 0 amide bonds. The SMILES string of the molecule is CC1(C)c2cc(N(c3ccccc3)c3ccccc3)ccc2-c2ccc3c(ccc4nc(-c5ccc6ccccc6c5)n(-c5ccccc5)c43)c21. The number of aromatic nitrogens is 2. The van der Waals surface area contributed by atoms with E-state index < -0.39 is 0 Å². The summed E-state index contributed by atoms with van der Waals surface area (Å²) in [7, 11) is 0. The van der Waals surface area contributed by atoms with Crippen LogP contribution in [0.2, 0.25) is 0 Å². The van der Waals surface area contributed by atoms with Crippen LogP contribution in [0.5, 0.6) is 0 Å². The molecule has 0 radical (unpaired) electrons. The minimum atomic E-state index is -0.230. The van der Waals surface area contributed by atoms with Crippen LogP contribution in [0, 0.1) is 0 Å². The van der Waals surface area contributed by atoms with E-state index in [0.717, 1.165) is 45.2 Å². The minimum Gasteiger partial charge on any atom is -0.310 e. The molecule has 8 aromatic carbocycles. The van der Waals surface area contributed by atoms with Crippen molar-refractivity contribution in [1.29, 1.82) is 0 Å². The van der Waals surface area contributed by atoms with Crippen LogP contribution in [0.15, 0.2) is 176 Å². The number of rotatable bonds is 5. The van der Waals surface area contributed by atoms with Gasteiger partial charge in [-0.25, -0.2) is 4.98 Å². The first-order valence-electron chi connectivity index (χ1n) is 17.6. The fourth-order valence-corrected chi connectivity index (χ4v) is 8.38. The van der Waals surface area contributed by atoms with Crippen molar-refractivity contribution in [3.63, 3.8) is 0 Å². The molecule has 0 saturated carbocycles. The maximum absolute atomic E-state index is 5.33. The largest absolute Gasteiger partial charge is 0.310 e. The highest BCUT2D eigenvalue weighted by atomic mass is 15.1. The second-order valence-electron chi connectivity index (χ2n) is 14.0. The number of benzene rings is 8. The molecule has 242 valence electrons. The zero-order valence-corrected chi connectivity index (χ0v) is 28.6. The molecule has 10 rings (SSSR count).